The van der Waals surface area contributed by atoms with Crippen molar-refractivity contribution < 1.29 is 0 Å². The maximum Gasteiger partial charge on any atom is -0.00205 e. The van der Waals surface area contributed by atoms with Gasteiger partial charge in [-0.1, -0.05) is 41.0 Å². The van der Waals surface area contributed by atoms with Crippen molar-refractivity contribution in [3.05, 3.63) is 0 Å². The largest absolute Gasteiger partial charge is 0.316 e. The summed E-state index contributed by atoms with van der Waals surface area (Å²) in [5, 5.41) is 3.57. The first kappa shape index (κ1) is 15.0. The Bertz CT molecular complexity index is 202. The number of hydrogen-bond donors (Lipinski definition) is 1. The Hall–Kier alpha value is -0.0400. The average Bonchev–Trinajstić information content (AvgIpc) is 2.32. The average molecular weight is 239 g/mol. The van der Waals surface area contributed by atoms with Gasteiger partial charge in [0.25, 0.3) is 0 Å². The molecule has 0 heterocycles. The third kappa shape index (κ3) is 4.62. The maximum absolute atomic E-state index is 3.57. The van der Waals surface area contributed by atoms with Crippen LogP contribution in [0.3, 0.4) is 0 Å². The number of hydrogen-bond acceptors (Lipinski definition) is 1. The van der Waals surface area contributed by atoms with Gasteiger partial charge in [0.15, 0.2) is 0 Å². The third-order valence-corrected chi connectivity index (χ3v) is 5.17. The van der Waals surface area contributed by atoms with E-state index in [1.54, 1.807) is 0 Å². The lowest BCUT2D eigenvalue weighted by atomic mass is 9.69. The van der Waals surface area contributed by atoms with Gasteiger partial charge in [-0.2, -0.15) is 0 Å². The van der Waals surface area contributed by atoms with E-state index in [0.717, 1.165) is 29.6 Å². The molecule has 0 saturated heterocycles. The lowest BCUT2D eigenvalue weighted by Crippen LogP contribution is -2.32. The molecule has 1 saturated carbocycles. The summed E-state index contributed by atoms with van der Waals surface area (Å²) in [6, 6.07) is 0. The lowest BCUT2D eigenvalue weighted by Gasteiger charge is -2.37. The fourth-order valence-corrected chi connectivity index (χ4v) is 3.22. The highest BCUT2D eigenvalue weighted by Crippen LogP contribution is 2.39. The molecule has 0 aromatic carbocycles. The van der Waals surface area contributed by atoms with Crippen LogP contribution in [-0.4, -0.2) is 13.1 Å². The molecule has 0 aromatic heterocycles. The molecule has 5 atom stereocenters. The minimum Gasteiger partial charge on any atom is -0.316 e. The fourth-order valence-electron chi connectivity index (χ4n) is 3.22. The Labute approximate surface area is 109 Å². The highest BCUT2D eigenvalue weighted by molar-refractivity contribution is 4.81. The Morgan fingerprint density at radius 2 is 1.82 bits per heavy atom. The van der Waals surface area contributed by atoms with Crippen LogP contribution in [0, 0.1) is 29.6 Å². The van der Waals surface area contributed by atoms with Crippen LogP contribution in [-0.2, 0) is 0 Å². The second-order valence-electron chi connectivity index (χ2n) is 6.57. The summed E-state index contributed by atoms with van der Waals surface area (Å²) in [6.07, 6.45) is 5.62. The van der Waals surface area contributed by atoms with Crippen LogP contribution in [0.1, 0.15) is 60.3 Å². The van der Waals surface area contributed by atoms with E-state index in [1.807, 2.05) is 0 Å². The molecule has 1 aliphatic carbocycles. The van der Waals surface area contributed by atoms with Crippen molar-refractivity contribution in [3.63, 3.8) is 0 Å². The Morgan fingerprint density at radius 1 is 1.12 bits per heavy atom. The first-order valence-electron chi connectivity index (χ1n) is 7.76. The van der Waals surface area contributed by atoms with E-state index >= 15 is 0 Å². The Morgan fingerprint density at radius 3 is 2.41 bits per heavy atom. The van der Waals surface area contributed by atoms with Gasteiger partial charge < -0.3 is 5.32 Å². The van der Waals surface area contributed by atoms with Gasteiger partial charge in [0.2, 0.25) is 0 Å². The van der Waals surface area contributed by atoms with Gasteiger partial charge in [-0.25, -0.2) is 0 Å². The molecule has 0 radical (unpaired) electrons. The summed E-state index contributed by atoms with van der Waals surface area (Å²) in [7, 11) is 0. The second-order valence-corrected chi connectivity index (χ2v) is 6.57. The molecule has 1 rings (SSSR count). The fraction of sp³-hybridized carbons (Fsp3) is 1.00. The summed E-state index contributed by atoms with van der Waals surface area (Å²) in [5.74, 6) is 4.57. The molecule has 102 valence electrons. The van der Waals surface area contributed by atoms with Gasteiger partial charge in [-0.3, -0.25) is 0 Å². The zero-order valence-corrected chi connectivity index (χ0v) is 12.6. The van der Waals surface area contributed by atoms with Crippen molar-refractivity contribution in [2.75, 3.05) is 13.1 Å². The van der Waals surface area contributed by atoms with Crippen LogP contribution in [0.25, 0.3) is 0 Å². The minimum absolute atomic E-state index is 0.826. The molecule has 0 spiro atoms. The van der Waals surface area contributed by atoms with Crippen LogP contribution >= 0.6 is 0 Å². The van der Waals surface area contributed by atoms with Crippen LogP contribution in [0.15, 0.2) is 0 Å². The molecule has 5 unspecified atom stereocenters. The van der Waals surface area contributed by atoms with E-state index in [4.69, 9.17) is 0 Å². The predicted octanol–water partition coefficient (Wildman–Crippen LogP) is 4.33. The van der Waals surface area contributed by atoms with Crippen molar-refractivity contribution in [1.82, 2.24) is 5.32 Å². The van der Waals surface area contributed by atoms with Crippen molar-refractivity contribution >= 4 is 0 Å². The number of nitrogens with one attached hydrogen (secondary N) is 1. The van der Waals surface area contributed by atoms with Crippen LogP contribution in [0.2, 0.25) is 0 Å². The Balaban J connectivity index is 2.33. The van der Waals surface area contributed by atoms with E-state index in [0.29, 0.717) is 0 Å². The van der Waals surface area contributed by atoms with Crippen molar-refractivity contribution in [3.8, 4) is 0 Å². The van der Waals surface area contributed by atoms with Gasteiger partial charge in [-0.15, -0.1) is 0 Å². The van der Waals surface area contributed by atoms with Gasteiger partial charge in [0.05, 0.1) is 0 Å². The molecule has 1 heteroatoms. The molecule has 0 bridgehead atoms. The van der Waals surface area contributed by atoms with Gasteiger partial charge in [0.1, 0.15) is 0 Å². The first-order chi connectivity index (χ1) is 8.06. The summed E-state index contributed by atoms with van der Waals surface area (Å²) in [6.45, 7) is 14.4. The van der Waals surface area contributed by atoms with Crippen molar-refractivity contribution in [1.29, 1.82) is 0 Å². The summed E-state index contributed by atoms with van der Waals surface area (Å²) < 4.78 is 0. The molecule has 0 amide bonds. The van der Waals surface area contributed by atoms with E-state index in [2.05, 4.69) is 39.9 Å². The lowest BCUT2D eigenvalue weighted by molar-refractivity contribution is 0.133. The summed E-state index contributed by atoms with van der Waals surface area (Å²) in [4.78, 5) is 0. The summed E-state index contributed by atoms with van der Waals surface area (Å²) in [5.41, 5.74) is 0. The van der Waals surface area contributed by atoms with Crippen LogP contribution < -0.4 is 5.32 Å². The molecule has 17 heavy (non-hydrogen) atoms. The van der Waals surface area contributed by atoms with E-state index < -0.39 is 0 Å². The normalized spacial score (nSPS) is 33.4. The topological polar surface area (TPSA) is 12.0 Å². The highest BCUT2D eigenvalue weighted by atomic mass is 14.8. The molecular formula is C16H33N. The maximum atomic E-state index is 3.57. The van der Waals surface area contributed by atoms with E-state index in [-0.39, 0.29) is 0 Å². The molecule has 1 nitrogen and oxygen atoms in total. The zero-order valence-electron chi connectivity index (χ0n) is 12.6. The standard InChI is InChI=1S/C16H33N/c1-6-9-17-11-14(4)15(5)16-8-7-12(2)13(3)10-16/h12-17H,6-11H2,1-5H3. The Kier molecular flexibility index (Phi) is 6.54. The first-order valence-corrected chi connectivity index (χ1v) is 7.76. The van der Waals surface area contributed by atoms with Gasteiger partial charge in [0, 0.05) is 0 Å². The van der Waals surface area contributed by atoms with Crippen molar-refractivity contribution in [2.45, 2.75) is 60.3 Å². The quantitative estimate of drug-likeness (QED) is 0.680. The molecule has 1 aliphatic rings. The van der Waals surface area contributed by atoms with Crippen LogP contribution in [0.4, 0.5) is 0 Å². The zero-order chi connectivity index (χ0) is 12.8. The third-order valence-electron chi connectivity index (χ3n) is 5.17. The monoisotopic (exact) mass is 239 g/mol. The molecule has 0 aliphatic heterocycles. The molecule has 1 fully saturated rings. The van der Waals surface area contributed by atoms with Crippen LogP contribution in [0.5, 0.6) is 0 Å². The summed E-state index contributed by atoms with van der Waals surface area (Å²) >= 11 is 0. The molecule has 0 aromatic rings. The number of rotatable bonds is 6. The second kappa shape index (κ2) is 7.41. The predicted molar refractivity (Wildman–Crippen MR) is 77.2 cm³/mol. The molecular weight excluding hydrogens is 206 g/mol. The molecule has 1 N–H and O–H groups in total. The smallest absolute Gasteiger partial charge is 0.00205 e. The van der Waals surface area contributed by atoms with Gasteiger partial charge >= 0.3 is 0 Å². The van der Waals surface area contributed by atoms with E-state index in [1.165, 1.54) is 38.8 Å². The van der Waals surface area contributed by atoms with Crippen molar-refractivity contribution in [2.24, 2.45) is 29.6 Å². The van der Waals surface area contributed by atoms with Gasteiger partial charge in [-0.05, 0) is 61.9 Å². The SMILES string of the molecule is CCCNCC(C)C(C)C1CCC(C)C(C)C1. The highest BCUT2D eigenvalue weighted by Gasteiger charge is 2.30. The van der Waals surface area contributed by atoms with E-state index in [9.17, 15) is 0 Å². The minimum atomic E-state index is 0.826.